The zero-order chi connectivity index (χ0) is 16.9. The minimum absolute atomic E-state index is 0.0290. The van der Waals surface area contributed by atoms with Gasteiger partial charge in [-0.3, -0.25) is 9.59 Å². The van der Waals surface area contributed by atoms with E-state index in [1.807, 2.05) is 28.8 Å². The van der Waals surface area contributed by atoms with Crippen molar-refractivity contribution in [3.8, 4) is 0 Å². The second-order valence-electron chi connectivity index (χ2n) is 6.47. The number of para-hydroxylation sites is 1. The van der Waals surface area contributed by atoms with Crippen LogP contribution in [0.2, 0.25) is 0 Å². The monoisotopic (exact) mass is 347 g/mol. The summed E-state index contributed by atoms with van der Waals surface area (Å²) in [6, 6.07) is 8.24. The number of hydrogen-bond acceptors (Lipinski definition) is 4. The lowest BCUT2D eigenvalue weighted by molar-refractivity contribution is -0.131. The Labute approximate surface area is 147 Å². The van der Waals surface area contributed by atoms with E-state index in [0.29, 0.717) is 11.8 Å². The molecule has 2 amide bonds. The number of nitrogens with one attached hydrogen (secondary N) is 1. The average Bonchev–Trinajstić information content (AvgIpc) is 3.06. The van der Waals surface area contributed by atoms with E-state index in [0.717, 1.165) is 44.6 Å². The first-order valence-electron chi connectivity index (χ1n) is 8.68. The molecule has 0 spiro atoms. The van der Waals surface area contributed by atoms with E-state index < -0.39 is 0 Å². The lowest BCUT2D eigenvalue weighted by Crippen LogP contribution is -2.43. The van der Waals surface area contributed by atoms with Crippen molar-refractivity contribution < 1.29 is 9.59 Å². The van der Waals surface area contributed by atoms with Crippen molar-refractivity contribution in [3.63, 3.8) is 0 Å². The molecule has 1 saturated heterocycles. The normalized spacial score (nSPS) is 20.5. The molecule has 1 aromatic rings. The smallest absolute Gasteiger partial charge is 0.241 e. The Morgan fingerprint density at radius 1 is 1.21 bits per heavy atom. The molecule has 0 bridgehead atoms. The summed E-state index contributed by atoms with van der Waals surface area (Å²) in [7, 11) is 0. The molecule has 24 heavy (non-hydrogen) atoms. The highest BCUT2D eigenvalue weighted by Crippen LogP contribution is 2.36. The molecule has 130 valence electrons. The predicted octanol–water partition coefficient (Wildman–Crippen LogP) is 2.12. The minimum atomic E-state index is -0.0862. The van der Waals surface area contributed by atoms with Crippen LogP contribution in [0.4, 0.5) is 5.69 Å². The quantitative estimate of drug-likeness (QED) is 0.906. The SMILES string of the molecule is CC1CCN(CC(=O)NCC(=O)N2CCCC2)c2ccccc2S1. The number of fused-ring (bicyclic) bond motifs is 1. The molecule has 1 N–H and O–H groups in total. The molecule has 0 saturated carbocycles. The van der Waals surface area contributed by atoms with E-state index in [4.69, 9.17) is 0 Å². The molecule has 2 aliphatic heterocycles. The molecule has 5 nitrogen and oxygen atoms in total. The van der Waals surface area contributed by atoms with Crippen molar-refractivity contribution in [3.05, 3.63) is 24.3 Å². The first kappa shape index (κ1) is 17.1. The molecule has 3 rings (SSSR count). The van der Waals surface area contributed by atoms with Gasteiger partial charge in [-0.25, -0.2) is 0 Å². The molecule has 1 atom stereocenters. The maximum absolute atomic E-state index is 12.3. The predicted molar refractivity (Wildman–Crippen MR) is 97.4 cm³/mol. The Morgan fingerprint density at radius 2 is 1.96 bits per heavy atom. The van der Waals surface area contributed by atoms with Gasteiger partial charge >= 0.3 is 0 Å². The van der Waals surface area contributed by atoms with Crippen LogP contribution in [0.25, 0.3) is 0 Å². The van der Waals surface area contributed by atoms with Crippen LogP contribution in [0.3, 0.4) is 0 Å². The van der Waals surface area contributed by atoms with Crippen LogP contribution < -0.4 is 10.2 Å². The Morgan fingerprint density at radius 3 is 2.75 bits per heavy atom. The highest BCUT2D eigenvalue weighted by molar-refractivity contribution is 8.00. The molecule has 2 aliphatic rings. The van der Waals surface area contributed by atoms with E-state index in [2.05, 4.69) is 29.3 Å². The third-order valence-electron chi connectivity index (χ3n) is 4.57. The maximum atomic E-state index is 12.3. The highest BCUT2D eigenvalue weighted by Gasteiger charge is 2.22. The van der Waals surface area contributed by atoms with E-state index in [9.17, 15) is 9.59 Å². The third-order valence-corrected chi connectivity index (χ3v) is 5.81. The summed E-state index contributed by atoms with van der Waals surface area (Å²) in [5.41, 5.74) is 1.12. The minimum Gasteiger partial charge on any atom is -0.361 e. The highest BCUT2D eigenvalue weighted by atomic mass is 32.2. The number of carbonyl (C=O) groups is 2. The molecule has 2 heterocycles. The van der Waals surface area contributed by atoms with E-state index in [1.165, 1.54) is 4.90 Å². The second-order valence-corrected chi connectivity index (χ2v) is 7.95. The number of carbonyl (C=O) groups excluding carboxylic acids is 2. The van der Waals surface area contributed by atoms with Crippen molar-refractivity contribution in [1.29, 1.82) is 0 Å². The number of amides is 2. The van der Waals surface area contributed by atoms with Crippen molar-refractivity contribution in [2.75, 3.05) is 37.6 Å². The van der Waals surface area contributed by atoms with Crippen LogP contribution in [0, 0.1) is 0 Å². The number of hydrogen-bond donors (Lipinski definition) is 1. The van der Waals surface area contributed by atoms with Crippen molar-refractivity contribution in [1.82, 2.24) is 10.2 Å². The summed E-state index contributed by atoms with van der Waals surface area (Å²) in [6.45, 7) is 5.14. The first-order valence-corrected chi connectivity index (χ1v) is 9.56. The van der Waals surface area contributed by atoms with Crippen LogP contribution in [0.5, 0.6) is 0 Å². The number of nitrogens with zero attached hydrogens (tertiary/aromatic N) is 2. The van der Waals surface area contributed by atoms with Gasteiger partial charge in [-0.2, -0.15) is 0 Å². The van der Waals surface area contributed by atoms with Gasteiger partial charge in [0.15, 0.2) is 0 Å². The molecule has 1 aromatic carbocycles. The Hall–Kier alpha value is -1.69. The van der Waals surface area contributed by atoms with E-state index in [1.54, 1.807) is 0 Å². The third kappa shape index (κ3) is 4.23. The fraction of sp³-hybridized carbons (Fsp3) is 0.556. The Balaban J connectivity index is 1.56. The van der Waals surface area contributed by atoms with Crippen LogP contribution in [0.15, 0.2) is 29.2 Å². The van der Waals surface area contributed by atoms with Crippen LogP contribution in [0.1, 0.15) is 26.2 Å². The van der Waals surface area contributed by atoms with Crippen LogP contribution >= 0.6 is 11.8 Å². The second kappa shape index (κ2) is 7.92. The number of thioether (sulfide) groups is 1. The summed E-state index contributed by atoms with van der Waals surface area (Å²) in [6.07, 6.45) is 3.18. The zero-order valence-corrected chi connectivity index (χ0v) is 15.0. The van der Waals surface area contributed by atoms with Gasteiger partial charge < -0.3 is 15.1 Å². The molecule has 1 fully saturated rings. The van der Waals surface area contributed by atoms with Gasteiger partial charge in [-0.1, -0.05) is 19.1 Å². The molecule has 6 heteroatoms. The van der Waals surface area contributed by atoms with Crippen molar-refractivity contribution in [2.45, 2.75) is 36.3 Å². The zero-order valence-electron chi connectivity index (χ0n) is 14.2. The van der Waals surface area contributed by atoms with Gasteiger partial charge in [-0.05, 0) is 31.4 Å². The van der Waals surface area contributed by atoms with Crippen molar-refractivity contribution in [2.24, 2.45) is 0 Å². The molecule has 0 aromatic heterocycles. The fourth-order valence-electron chi connectivity index (χ4n) is 3.20. The molecule has 0 radical (unpaired) electrons. The lowest BCUT2D eigenvalue weighted by atomic mass is 10.2. The summed E-state index contributed by atoms with van der Waals surface area (Å²) < 4.78 is 0. The Bertz CT molecular complexity index is 602. The van der Waals surface area contributed by atoms with E-state index >= 15 is 0 Å². The number of benzene rings is 1. The van der Waals surface area contributed by atoms with Gasteiger partial charge in [-0.15, -0.1) is 11.8 Å². The van der Waals surface area contributed by atoms with Gasteiger partial charge in [0.1, 0.15) is 0 Å². The summed E-state index contributed by atoms with van der Waals surface area (Å²) in [5, 5.41) is 3.33. The average molecular weight is 347 g/mol. The summed E-state index contributed by atoms with van der Waals surface area (Å²) in [4.78, 5) is 29.5. The van der Waals surface area contributed by atoms with Gasteiger partial charge in [0.25, 0.3) is 0 Å². The molecule has 1 unspecified atom stereocenters. The van der Waals surface area contributed by atoms with Crippen LogP contribution in [-0.2, 0) is 9.59 Å². The molecule has 0 aliphatic carbocycles. The first-order chi connectivity index (χ1) is 11.6. The number of likely N-dealkylation sites (tertiary alicyclic amines) is 1. The molecular formula is C18H25N3O2S. The number of rotatable bonds is 4. The van der Waals surface area contributed by atoms with E-state index in [-0.39, 0.29) is 18.4 Å². The Kier molecular flexibility index (Phi) is 5.66. The van der Waals surface area contributed by atoms with Crippen molar-refractivity contribution >= 4 is 29.3 Å². The lowest BCUT2D eigenvalue weighted by Gasteiger charge is -2.24. The number of anilines is 1. The molecular weight excluding hydrogens is 322 g/mol. The summed E-state index contributed by atoms with van der Waals surface area (Å²) >= 11 is 1.86. The topological polar surface area (TPSA) is 52.7 Å². The summed E-state index contributed by atoms with van der Waals surface area (Å²) in [5.74, 6) is -0.0572. The van der Waals surface area contributed by atoms with Gasteiger partial charge in [0.2, 0.25) is 11.8 Å². The van der Waals surface area contributed by atoms with Gasteiger partial charge in [0.05, 0.1) is 18.8 Å². The fourth-order valence-corrected chi connectivity index (χ4v) is 4.33. The maximum Gasteiger partial charge on any atom is 0.241 e. The largest absolute Gasteiger partial charge is 0.361 e. The van der Waals surface area contributed by atoms with Crippen LogP contribution in [-0.4, -0.2) is 54.7 Å². The standard InChI is InChI=1S/C18H25N3O2S/c1-14-8-11-21(15-6-2-3-7-16(15)24-14)13-17(22)19-12-18(23)20-9-4-5-10-20/h2-3,6-7,14H,4-5,8-13H2,1H3,(H,19,22). The van der Waals surface area contributed by atoms with Gasteiger partial charge in [0, 0.05) is 29.8 Å².